The third kappa shape index (κ3) is 19.7. The van der Waals surface area contributed by atoms with E-state index in [1.165, 1.54) is 57.8 Å². The van der Waals surface area contributed by atoms with E-state index in [-0.39, 0.29) is 31.7 Å². The molecule has 0 bridgehead atoms. The van der Waals surface area contributed by atoms with E-state index in [4.69, 9.17) is 9.84 Å². The van der Waals surface area contributed by atoms with Crippen molar-refractivity contribution >= 4 is 5.78 Å². The Balaban J connectivity index is 3.19. The van der Waals surface area contributed by atoms with Gasteiger partial charge in [-0.3, -0.25) is 4.79 Å². The molecule has 4 nitrogen and oxygen atoms in total. The number of hydrogen-bond donors (Lipinski definition) is 2. The van der Waals surface area contributed by atoms with Crippen LogP contribution in [-0.4, -0.2) is 41.9 Å². The zero-order chi connectivity index (χ0) is 18.6. The summed E-state index contributed by atoms with van der Waals surface area (Å²) in [4.78, 5) is 11.5. The minimum Gasteiger partial charge on any atom is -0.394 e. The van der Waals surface area contributed by atoms with Crippen molar-refractivity contribution in [1.82, 2.24) is 0 Å². The van der Waals surface area contributed by atoms with Gasteiger partial charge in [0.1, 0.15) is 6.61 Å². The number of carbonyl (C=O) groups is 1. The van der Waals surface area contributed by atoms with Crippen molar-refractivity contribution in [1.29, 1.82) is 0 Å². The largest absolute Gasteiger partial charge is 0.394 e. The van der Waals surface area contributed by atoms with Crippen molar-refractivity contribution in [3.63, 3.8) is 0 Å². The summed E-state index contributed by atoms with van der Waals surface area (Å²) in [5.74, 6) is 0.140. The number of rotatable bonds is 20. The van der Waals surface area contributed by atoms with Gasteiger partial charge in [-0.1, -0.05) is 77.6 Å². The lowest BCUT2D eigenvalue weighted by Crippen LogP contribution is -2.10. The highest BCUT2D eigenvalue weighted by Crippen LogP contribution is 2.14. The average Bonchev–Trinajstić information content (AvgIpc) is 2.60. The van der Waals surface area contributed by atoms with Gasteiger partial charge in [0.25, 0.3) is 0 Å². The number of hydrogen-bond acceptors (Lipinski definition) is 4. The number of aliphatic hydroxyl groups is 2. The van der Waals surface area contributed by atoms with Gasteiger partial charge in [-0.15, -0.1) is 0 Å². The Morgan fingerprint density at radius 1 is 0.840 bits per heavy atom. The number of unbranched alkanes of at least 4 members (excludes halogenated alkanes) is 10. The van der Waals surface area contributed by atoms with Crippen LogP contribution >= 0.6 is 0 Å². The first kappa shape index (κ1) is 24.6. The molecule has 0 aliphatic carbocycles. The summed E-state index contributed by atoms with van der Waals surface area (Å²) in [5, 5.41) is 18.5. The molecule has 0 fully saturated rings. The lowest BCUT2D eigenvalue weighted by molar-refractivity contribution is -0.124. The van der Waals surface area contributed by atoms with Crippen LogP contribution in [0.25, 0.3) is 0 Å². The quantitative estimate of drug-likeness (QED) is 0.307. The van der Waals surface area contributed by atoms with E-state index < -0.39 is 0 Å². The highest BCUT2D eigenvalue weighted by Gasteiger charge is 2.04. The maximum atomic E-state index is 11.5. The van der Waals surface area contributed by atoms with E-state index in [1.54, 1.807) is 0 Å². The molecule has 25 heavy (non-hydrogen) atoms. The van der Waals surface area contributed by atoms with Crippen molar-refractivity contribution in [2.45, 2.75) is 109 Å². The Kier molecular flexibility index (Phi) is 19.5. The molecule has 0 saturated heterocycles. The van der Waals surface area contributed by atoms with Crippen LogP contribution in [0.15, 0.2) is 0 Å². The second-order valence-corrected chi connectivity index (χ2v) is 7.19. The van der Waals surface area contributed by atoms with Crippen LogP contribution < -0.4 is 0 Å². The minimum atomic E-state index is -0.0873. The van der Waals surface area contributed by atoms with E-state index in [1.807, 2.05) is 0 Å². The third-order valence-corrected chi connectivity index (χ3v) is 4.63. The van der Waals surface area contributed by atoms with Crippen molar-refractivity contribution in [2.24, 2.45) is 0 Å². The molecule has 0 amide bonds. The van der Waals surface area contributed by atoms with Crippen LogP contribution in [0.5, 0.6) is 0 Å². The smallest absolute Gasteiger partial charge is 0.158 e. The summed E-state index contributed by atoms with van der Waals surface area (Å²) in [6.45, 7) is 2.59. The molecule has 0 aromatic rings. The van der Waals surface area contributed by atoms with Crippen molar-refractivity contribution in [3.05, 3.63) is 0 Å². The topological polar surface area (TPSA) is 66.8 Å². The fourth-order valence-corrected chi connectivity index (χ4v) is 3.04. The Bertz CT molecular complexity index is 281. The van der Waals surface area contributed by atoms with Crippen LogP contribution in [-0.2, 0) is 9.53 Å². The molecule has 0 aromatic carbocycles. The zero-order valence-corrected chi connectivity index (χ0v) is 16.5. The van der Waals surface area contributed by atoms with Gasteiger partial charge in [0, 0.05) is 6.42 Å². The van der Waals surface area contributed by atoms with Gasteiger partial charge in [-0.2, -0.15) is 0 Å². The molecule has 0 spiro atoms. The lowest BCUT2D eigenvalue weighted by Gasteiger charge is -2.10. The van der Waals surface area contributed by atoms with E-state index in [0.29, 0.717) is 6.42 Å². The molecule has 0 heterocycles. The van der Waals surface area contributed by atoms with Crippen LogP contribution in [0.1, 0.15) is 103 Å². The molecule has 0 aliphatic rings. The second kappa shape index (κ2) is 19.9. The summed E-state index contributed by atoms with van der Waals surface area (Å²) < 4.78 is 5.01. The predicted molar refractivity (Wildman–Crippen MR) is 104 cm³/mol. The number of carbonyl (C=O) groups excluding carboxylic acids is 1. The maximum absolute atomic E-state index is 11.5. The van der Waals surface area contributed by atoms with Crippen molar-refractivity contribution < 1.29 is 19.7 Å². The fourth-order valence-electron chi connectivity index (χ4n) is 3.04. The molecular formula is C21H42O4. The Morgan fingerprint density at radius 3 is 1.92 bits per heavy atom. The molecule has 1 unspecified atom stereocenters. The average molecular weight is 359 g/mol. The molecule has 1 atom stereocenters. The standard InChI is InChI=1S/C21H42O4/c1-2-3-4-11-14-20(23)15-12-9-7-5-6-8-10-13-16-21(24)19-25-18-17-22/h20,22-23H,2-19H2,1H3. The first-order chi connectivity index (χ1) is 12.2. The Morgan fingerprint density at radius 2 is 1.36 bits per heavy atom. The third-order valence-electron chi connectivity index (χ3n) is 4.63. The Hall–Kier alpha value is -0.450. The van der Waals surface area contributed by atoms with Gasteiger partial charge in [-0.25, -0.2) is 0 Å². The number of aliphatic hydroxyl groups excluding tert-OH is 2. The first-order valence-electron chi connectivity index (χ1n) is 10.6. The molecule has 4 heteroatoms. The van der Waals surface area contributed by atoms with Gasteiger partial charge in [-0.05, 0) is 19.3 Å². The summed E-state index contributed by atoms with van der Waals surface area (Å²) in [6, 6.07) is 0. The normalized spacial score (nSPS) is 12.4. The van der Waals surface area contributed by atoms with E-state index in [0.717, 1.165) is 32.1 Å². The highest BCUT2D eigenvalue weighted by molar-refractivity contribution is 5.79. The van der Waals surface area contributed by atoms with E-state index in [2.05, 4.69) is 6.92 Å². The number of Topliss-reactive ketones (excluding diaryl/α,β-unsaturated/α-hetero) is 1. The lowest BCUT2D eigenvalue weighted by atomic mass is 10.0. The maximum Gasteiger partial charge on any atom is 0.158 e. The van der Waals surface area contributed by atoms with Gasteiger partial charge in [0.15, 0.2) is 5.78 Å². The first-order valence-corrected chi connectivity index (χ1v) is 10.6. The SMILES string of the molecule is CCCCCCC(O)CCCCCCCCCCC(=O)COCCO. The van der Waals surface area contributed by atoms with Crippen molar-refractivity contribution in [2.75, 3.05) is 19.8 Å². The molecule has 0 radical (unpaired) electrons. The summed E-state index contributed by atoms with van der Waals surface area (Å²) >= 11 is 0. The Labute approximate surface area is 155 Å². The molecule has 0 aromatic heterocycles. The van der Waals surface area contributed by atoms with Gasteiger partial charge in [0.2, 0.25) is 0 Å². The monoisotopic (exact) mass is 358 g/mol. The van der Waals surface area contributed by atoms with Crippen LogP contribution in [0.3, 0.4) is 0 Å². The number of ketones is 1. The minimum absolute atomic E-state index is 0.0226. The van der Waals surface area contributed by atoms with Crippen LogP contribution in [0.4, 0.5) is 0 Å². The zero-order valence-electron chi connectivity index (χ0n) is 16.5. The van der Waals surface area contributed by atoms with Gasteiger partial charge < -0.3 is 14.9 Å². The summed E-state index contributed by atoms with van der Waals surface area (Å²) in [7, 11) is 0. The highest BCUT2D eigenvalue weighted by atomic mass is 16.5. The fraction of sp³-hybridized carbons (Fsp3) is 0.952. The summed E-state index contributed by atoms with van der Waals surface area (Å²) in [5.41, 5.74) is 0. The van der Waals surface area contributed by atoms with Crippen LogP contribution in [0, 0.1) is 0 Å². The van der Waals surface area contributed by atoms with E-state index >= 15 is 0 Å². The van der Waals surface area contributed by atoms with E-state index in [9.17, 15) is 9.90 Å². The summed E-state index contributed by atoms with van der Waals surface area (Å²) in [6.07, 6.45) is 16.8. The predicted octanol–water partition coefficient (Wildman–Crippen LogP) is 4.80. The molecule has 150 valence electrons. The molecule has 0 saturated carbocycles. The van der Waals surface area contributed by atoms with Gasteiger partial charge >= 0.3 is 0 Å². The molecular weight excluding hydrogens is 316 g/mol. The second-order valence-electron chi connectivity index (χ2n) is 7.19. The van der Waals surface area contributed by atoms with Gasteiger partial charge in [0.05, 0.1) is 19.3 Å². The molecule has 0 aliphatic heterocycles. The van der Waals surface area contributed by atoms with Crippen LogP contribution in [0.2, 0.25) is 0 Å². The molecule has 0 rings (SSSR count). The van der Waals surface area contributed by atoms with Crippen molar-refractivity contribution in [3.8, 4) is 0 Å². The molecule has 2 N–H and O–H groups in total. The number of ether oxygens (including phenoxy) is 1.